The molecule has 1 N–H and O–H groups in total. The highest BCUT2D eigenvalue weighted by molar-refractivity contribution is 5.67. The van der Waals surface area contributed by atoms with Crippen molar-refractivity contribution in [2.75, 3.05) is 32.8 Å². The van der Waals surface area contributed by atoms with Crippen LogP contribution in [0.2, 0.25) is 0 Å². The monoisotopic (exact) mass is 230 g/mol. The van der Waals surface area contributed by atoms with Crippen molar-refractivity contribution in [3.63, 3.8) is 0 Å². The van der Waals surface area contributed by atoms with Gasteiger partial charge in [-0.3, -0.25) is 4.90 Å². The number of morpholine rings is 1. The number of alkyl carbamates (subject to hydrolysis) is 1. The zero-order valence-corrected chi connectivity index (χ0v) is 10.4. The third-order valence-electron chi connectivity index (χ3n) is 2.34. The van der Waals surface area contributed by atoms with Crippen molar-refractivity contribution < 1.29 is 14.3 Å². The van der Waals surface area contributed by atoms with E-state index in [9.17, 15) is 4.79 Å². The van der Waals surface area contributed by atoms with Gasteiger partial charge in [0.25, 0.3) is 0 Å². The maximum absolute atomic E-state index is 11.3. The molecule has 16 heavy (non-hydrogen) atoms. The molecule has 1 amide bonds. The van der Waals surface area contributed by atoms with Crippen molar-refractivity contribution in [1.29, 1.82) is 0 Å². The summed E-state index contributed by atoms with van der Waals surface area (Å²) in [5.74, 6) is 0. The van der Waals surface area contributed by atoms with E-state index in [2.05, 4.69) is 10.2 Å². The van der Waals surface area contributed by atoms with E-state index in [0.29, 0.717) is 0 Å². The lowest BCUT2D eigenvalue weighted by molar-refractivity contribution is 0.0337. The fourth-order valence-electron chi connectivity index (χ4n) is 1.67. The first-order valence-corrected chi connectivity index (χ1v) is 5.85. The minimum Gasteiger partial charge on any atom is -0.447 e. The SMILES string of the molecule is CC(CN1CCOCC1)NC(=O)OC(C)C. The first-order chi connectivity index (χ1) is 7.58. The molecule has 0 aliphatic carbocycles. The zero-order valence-electron chi connectivity index (χ0n) is 10.4. The first-order valence-electron chi connectivity index (χ1n) is 5.85. The van der Waals surface area contributed by atoms with Gasteiger partial charge < -0.3 is 14.8 Å². The first kappa shape index (κ1) is 13.3. The van der Waals surface area contributed by atoms with E-state index in [4.69, 9.17) is 9.47 Å². The average molecular weight is 230 g/mol. The summed E-state index contributed by atoms with van der Waals surface area (Å²) in [4.78, 5) is 13.6. The Labute approximate surface area is 97.1 Å². The van der Waals surface area contributed by atoms with Gasteiger partial charge in [0.05, 0.1) is 19.3 Å². The summed E-state index contributed by atoms with van der Waals surface area (Å²) >= 11 is 0. The molecule has 0 bridgehead atoms. The number of carbonyl (C=O) groups is 1. The molecule has 0 spiro atoms. The molecule has 1 unspecified atom stereocenters. The van der Waals surface area contributed by atoms with Crippen LogP contribution in [0.1, 0.15) is 20.8 Å². The Morgan fingerprint density at radius 3 is 2.56 bits per heavy atom. The molecule has 1 aliphatic rings. The van der Waals surface area contributed by atoms with Crippen LogP contribution in [0.5, 0.6) is 0 Å². The summed E-state index contributed by atoms with van der Waals surface area (Å²) < 4.78 is 10.3. The molecule has 1 atom stereocenters. The number of amides is 1. The Morgan fingerprint density at radius 2 is 2.00 bits per heavy atom. The number of ether oxygens (including phenoxy) is 2. The molecule has 1 aliphatic heterocycles. The molecule has 0 saturated carbocycles. The van der Waals surface area contributed by atoms with Gasteiger partial charge in [-0.25, -0.2) is 4.79 Å². The van der Waals surface area contributed by atoms with Crippen molar-refractivity contribution in [1.82, 2.24) is 10.2 Å². The number of hydrogen-bond acceptors (Lipinski definition) is 4. The molecule has 0 radical (unpaired) electrons. The van der Waals surface area contributed by atoms with Crippen LogP contribution < -0.4 is 5.32 Å². The lowest BCUT2D eigenvalue weighted by Crippen LogP contribution is -2.46. The molecule has 1 rings (SSSR count). The van der Waals surface area contributed by atoms with Crippen LogP contribution in [0.4, 0.5) is 4.79 Å². The fraction of sp³-hybridized carbons (Fsp3) is 0.909. The molecule has 5 heteroatoms. The van der Waals surface area contributed by atoms with Gasteiger partial charge in [-0.2, -0.15) is 0 Å². The lowest BCUT2D eigenvalue weighted by atomic mass is 10.3. The molecular formula is C11H22N2O3. The van der Waals surface area contributed by atoms with Gasteiger partial charge >= 0.3 is 6.09 Å². The van der Waals surface area contributed by atoms with Crippen LogP contribution in [-0.4, -0.2) is 56.0 Å². The second kappa shape index (κ2) is 6.70. The van der Waals surface area contributed by atoms with E-state index in [1.807, 2.05) is 20.8 Å². The van der Waals surface area contributed by atoms with Gasteiger partial charge in [-0.15, -0.1) is 0 Å². The second-order valence-electron chi connectivity index (χ2n) is 4.41. The van der Waals surface area contributed by atoms with Gasteiger partial charge in [0.1, 0.15) is 0 Å². The summed E-state index contributed by atoms with van der Waals surface area (Å²) in [7, 11) is 0. The molecule has 1 heterocycles. The summed E-state index contributed by atoms with van der Waals surface area (Å²) in [5, 5.41) is 2.81. The van der Waals surface area contributed by atoms with Crippen molar-refractivity contribution in [2.24, 2.45) is 0 Å². The molecule has 5 nitrogen and oxygen atoms in total. The Hall–Kier alpha value is -0.810. The molecular weight excluding hydrogens is 208 g/mol. The summed E-state index contributed by atoms with van der Waals surface area (Å²) in [5.41, 5.74) is 0. The maximum atomic E-state index is 11.3. The van der Waals surface area contributed by atoms with E-state index in [1.165, 1.54) is 0 Å². The average Bonchev–Trinajstić information content (AvgIpc) is 2.17. The Morgan fingerprint density at radius 1 is 1.38 bits per heavy atom. The quantitative estimate of drug-likeness (QED) is 0.777. The second-order valence-corrected chi connectivity index (χ2v) is 4.41. The number of nitrogens with one attached hydrogen (secondary N) is 1. The van der Waals surface area contributed by atoms with E-state index in [-0.39, 0.29) is 18.2 Å². The van der Waals surface area contributed by atoms with Gasteiger partial charge in [0, 0.05) is 25.7 Å². The number of carbonyl (C=O) groups excluding carboxylic acids is 1. The third-order valence-corrected chi connectivity index (χ3v) is 2.34. The predicted molar refractivity (Wildman–Crippen MR) is 61.5 cm³/mol. The Balaban J connectivity index is 2.18. The molecule has 0 aromatic carbocycles. The maximum Gasteiger partial charge on any atom is 0.407 e. The highest BCUT2D eigenvalue weighted by Gasteiger charge is 2.15. The smallest absolute Gasteiger partial charge is 0.407 e. The van der Waals surface area contributed by atoms with Crippen LogP contribution in [0, 0.1) is 0 Å². The summed E-state index contributed by atoms with van der Waals surface area (Å²) in [6.45, 7) is 9.94. The third kappa shape index (κ3) is 5.32. The van der Waals surface area contributed by atoms with Crippen LogP contribution in [0.3, 0.4) is 0 Å². The molecule has 1 saturated heterocycles. The molecule has 1 fully saturated rings. The summed E-state index contributed by atoms with van der Waals surface area (Å²) in [6.07, 6.45) is -0.411. The normalized spacial score (nSPS) is 19.5. The number of rotatable bonds is 4. The van der Waals surface area contributed by atoms with Gasteiger partial charge in [0.15, 0.2) is 0 Å². The van der Waals surface area contributed by atoms with Crippen molar-refractivity contribution in [3.05, 3.63) is 0 Å². The molecule has 0 aromatic rings. The highest BCUT2D eigenvalue weighted by atomic mass is 16.6. The largest absolute Gasteiger partial charge is 0.447 e. The topological polar surface area (TPSA) is 50.8 Å². The zero-order chi connectivity index (χ0) is 12.0. The number of nitrogens with zero attached hydrogens (tertiary/aromatic N) is 1. The van der Waals surface area contributed by atoms with Gasteiger partial charge in [-0.1, -0.05) is 0 Å². The minimum absolute atomic E-state index is 0.0735. The van der Waals surface area contributed by atoms with Crippen LogP contribution >= 0.6 is 0 Å². The number of hydrogen-bond donors (Lipinski definition) is 1. The Bertz CT molecular complexity index is 215. The van der Waals surface area contributed by atoms with Crippen LogP contribution in [-0.2, 0) is 9.47 Å². The van der Waals surface area contributed by atoms with E-state index < -0.39 is 0 Å². The van der Waals surface area contributed by atoms with Crippen molar-refractivity contribution in [2.45, 2.75) is 32.9 Å². The van der Waals surface area contributed by atoms with E-state index >= 15 is 0 Å². The molecule has 94 valence electrons. The minimum atomic E-state index is -0.337. The highest BCUT2D eigenvalue weighted by Crippen LogP contribution is 1.99. The Kier molecular flexibility index (Phi) is 5.55. The van der Waals surface area contributed by atoms with E-state index in [1.54, 1.807) is 0 Å². The molecule has 0 aromatic heterocycles. The lowest BCUT2D eigenvalue weighted by Gasteiger charge is -2.29. The van der Waals surface area contributed by atoms with Crippen LogP contribution in [0.25, 0.3) is 0 Å². The van der Waals surface area contributed by atoms with Gasteiger partial charge in [-0.05, 0) is 20.8 Å². The van der Waals surface area contributed by atoms with Crippen molar-refractivity contribution >= 4 is 6.09 Å². The van der Waals surface area contributed by atoms with Gasteiger partial charge in [0.2, 0.25) is 0 Å². The van der Waals surface area contributed by atoms with Crippen molar-refractivity contribution in [3.8, 4) is 0 Å². The summed E-state index contributed by atoms with van der Waals surface area (Å²) in [6, 6.07) is 0.101. The standard InChI is InChI=1S/C11H22N2O3/c1-9(2)16-11(14)12-10(3)8-13-4-6-15-7-5-13/h9-10H,4-8H2,1-3H3,(H,12,14). The van der Waals surface area contributed by atoms with E-state index in [0.717, 1.165) is 32.8 Å². The fourth-order valence-corrected chi connectivity index (χ4v) is 1.67. The predicted octanol–water partition coefficient (Wildman–Crippen LogP) is 0.842. The van der Waals surface area contributed by atoms with Crippen LogP contribution in [0.15, 0.2) is 0 Å².